The summed E-state index contributed by atoms with van der Waals surface area (Å²) in [5.74, 6) is 0.0631. The van der Waals surface area contributed by atoms with Crippen LogP contribution >= 0.6 is 0 Å². The fraction of sp³-hybridized carbons (Fsp3) is 0.500. The first-order valence-electron chi connectivity index (χ1n) is 7.05. The van der Waals surface area contributed by atoms with Gasteiger partial charge in [0.15, 0.2) is 0 Å². The number of aryl methyl sites for hydroxylation is 2. The van der Waals surface area contributed by atoms with Gasteiger partial charge in [-0.25, -0.2) is 9.78 Å². The lowest BCUT2D eigenvalue weighted by molar-refractivity contribution is 0.0698. The van der Waals surface area contributed by atoms with E-state index in [2.05, 4.69) is 37.2 Å². The SMILES string of the molecule is CCc1nc2cccc(C(=O)O)c2n1CCC(C)(C)C. The maximum absolute atomic E-state index is 11.4. The molecule has 4 nitrogen and oxygen atoms in total. The number of hydrogen-bond donors (Lipinski definition) is 1. The Bertz CT molecular complexity index is 636. The van der Waals surface area contributed by atoms with Gasteiger partial charge in [-0.3, -0.25) is 0 Å². The number of benzene rings is 1. The first-order chi connectivity index (χ1) is 9.33. The molecule has 0 unspecified atom stereocenters. The molecule has 0 spiro atoms. The van der Waals surface area contributed by atoms with Gasteiger partial charge in [-0.1, -0.05) is 33.8 Å². The highest BCUT2D eigenvalue weighted by atomic mass is 16.4. The maximum Gasteiger partial charge on any atom is 0.337 e. The van der Waals surface area contributed by atoms with Crippen LogP contribution in [-0.2, 0) is 13.0 Å². The summed E-state index contributed by atoms with van der Waals surface area (Å²) in [7, 11) is 0. The lowest BCUT2D eigenvalue weighted by Gasteiger charge is -2.19. The number of para-hydroxylation sites is 1. The van der Waals surface area contributed by atoms with Gasteiger partial charge < -0.3 is 9.67 Å². The molecular weight excluding hydrogens is 252 g/mol. The van der Waals surface area contributed by atoms with Gasteiger partial charge in [-0.2, -0.15) is 0 Å². The Morgan fingerprint density at radius 1 is 1.35 bits per heavy atom. The zero-order valence-electron chi connectivity index (χ0n) is 12.6. The van der Waals surface area contributed by atoms with Gasteiger partial charge in [0.2, 0.25) is 0 Å². The number of carbonyl (C=O) groups is 1. The summed E-state index contributed by atoms with van der Waals surface area (Å²) in [6, 6.07) is 5.29. The molecule has 4 heteroatoms. The molecule has 0 radical (unpaired) electrons. The van der Waals surface area contributed by atoms with Crippen LogP contribution in [0.4, 0.5) is 0 Å². The van der Waals surface area contributed by atoms with E-state index in [1.54, 1.807) is 12.1 Å². The predicted molar refractivity (Wildman–Crippen MR) is 80.1 cm³/mol. The first kappa shape index (κ1) is 14.6. The molecule has 0 aliphatic rings. The molecule has 1 heterocycles. The molecule has 20 heavy (non-hydrogen) atoms. The van der Waals surface area contributed by atoms with Gasteiger partial charge in [0.1, 0.15) is 5.82 Å². The Morgan fingerprint density at radius 3 is 2.60 bits per heavy atom. The quantitative estimate of drug-likeness (QED) is 0.924. The van der Waals surface area contributed by atoms with E-state index in [1.165, 1.54) is 0 Å². The number of nitrogens with zero attached hydrogens (tertiary/aromatic N) is 2. The second-order valence-electron chi connectivity index (χ2n) is 6.32. The standard InChI is InChI=1S/C16H22N2O2/c1-5-13-17-12-8-6-7-11(15(19)20)14(12)18(13)10-9-16(2,3)4/h6-8H,5,9-10H2,1-4H3,(H,19,20). The number of aromatic carboxylic acids is 1. The molecule has 1 aromatic heterocycles. The monoisotopic (exact) mass is 274 g/mol. The van der Waals surface area contributed by atoms with Gasteiger partial charge in [0.25, 0.3) is 0 Å². The molecule has 2 aromatic rings. The van der Waals surface area contributed by atoms with Crippen LogP contribution in [0.3, 0.4) is 0 Å². The third kappa shape index (κ3) is 2.84. The van der Waals surface area contributed by atoms with Crippen LogP contribution in [0.2, 0.25) is 0 Å². The molecule has 0 aliphatic carbocycles. The van der Waals surface area contributed by atoms with Crippen LogP contribution in [0, 0.1) is 5.41 Å². The summed E-state index contributed by atoms with van der Waals surface area (Å²) < 4.78 is 2.07. The Morgan fingerprint density at radius 2 is 2.05 bits per heavy atom. The summed E-state index contributed by atoms with van der Waals surface area (Å²) in [6.45, 7) is 9.42. The molecule has 1 N–H and O–H groups in total. The van der Waals surface area contributed by atoms with Crippen LogP contribution in [0.1, 0.15) is 50.3 Å². The lowest BCUT2D eigenvalue weighted by Crippen LogP contribution is -2.13. The van der Waals surface area contributed by atoms with Crippen molar-refractivity contribution in [1.82, 2.24) is 9.55 Å². The van der Waals surface area contributed by atoms with Crippen LogP contribution in [0.15, 0.2) is 18.2 Å². The summed E-state index contributed by atoms with van der Waals surface area (Å²) in [4.78, 5) is 16.0. The van der Waals surface area contributed by atoms with Crippen LogP contribution < -0.4 is 0 Å². The molecule has 1 aromatic carbocycles. The number of imidazole rings is 1. The fourth-order valence-electron chi connectivity index (χ4n) is 2.36. The third-order valence-electron chi connectivity index (χ3n) is 3.48. The molecule has 0 amide bonds. The van der Waals surface area contributed by atoms with Gasteiger partial charge in [-0.15, -0.1) is 0 Å². The Balaban J connectivity index is 2.57. The van der Waals surface area contributed by atoms with E-state index in [4.69, 9.17) is 0 Å². The average molecular weight is 274 g/mol. The summed E-state index contributed by atoms with van der Waals surface area (Å²) in [6.07, 6.45) is 1.79. The molecule has 0 bridgehead atoms. The summed E-state index contributed by atoms with van der Waals surface area (Å²) in [5.41, 5.74) is 2.07. The largest absolute Gasteiger partial charge is 0.478 e. The topological polar surface area (TPSA) is 55.1 Å². The van der Waals surface area contributed by atoms with Crippen molar-refractivity contribution in [3.05, 3.63) is 29.6 Å². The lowest BCUT2D eigenvalue weighted by atomic mass is 9.92. The number of hydrogen-bond acceptors (Lipinski definition) is 2. The Labute approximate surface area is 119 Å². The molecule has 0 atom stereocenters. The highest BCUT2D eigenvalue weighted by Crippen LogP contribution is 2.25. The normalized spacial score (nSPS) is 12.0. The van der Waals surface area contributed by atoms with Crippen molar-refractivity contribution in [1.29, 1.82) is 0 Å². The molecular formula is C16H22N2O2. The number of aromatic nitrogens is 2. The summed E-state index contributed by atoms with van der Waals surface area (Å²) in [5, 5.41) is 9.38. The number of fused-ring (bicyclic) bond motifs is 1. The van der Waals surface area contributed by atoms with E-state index in [9.17, 15) is 9.90 Å². The first-order valence-corrected chi connectivity index (χ1v) is 7.05. The number of carboxylic acid groups (broad SMARTS) is 1. The van der Waals surface area contributed by atoms with Crippen molar-refractivity contribution < 1.29 is 9.90 Å². The molecule has 0 aliphatic heterocycles. The van der Waals surface area contributed by atoms with Crippen molar-refractivity contribution in [2.24, 2.45) is 5.41 Å². The minimum absolute atomic E-state index is 0.208. The fourth-order valence-corrected chi connectivity index (χ4v) is 2.36. The van der Waals surface area contributed by atoms with Crippen molar-refractivity contribution in [3.8, 4) is 0 Å². The van der Waals surface area contributed by atoms with Gasteiger partial charge >= 0.3 is 5.97 Å². The second-order valence-corrected chi connectivity index (χ2v) is 6.32. The van der Waals surface area contributed by atoms with E-state index in [1.807, 2.05) is 6.07 Å². The van der Waals surface area contributed by atoms with E-state index >= 15 is 0 Å². The van der Waals surface area contributed by atoms with Gasteiger partial charge in [0, 0.05) is 13.0 Å². The molecule has 0 saturated carbocycles. The van der Waals surface area contributed by atoms with Crippen molar-refractivity contribution in [2.75, 3.05) is 0 Å². The molecule has 108 valence electrons. The van der Waals surface area contributed by atoms with E-state index in [0.717, 1.165) is 36.2 Å². The maximum atomic E-state index is 11.4. The minimum Gasteiger partial charge on any atom is -0.478 e. The number of rotatable bonds is 4. The summed E-state index contributed by atoms with van der Waals surface area (Å²) >= 11 is 0. The smallest absolute Gasteiger partial charge is 0.337 e. The van der Waals surface area contributed by atoms with Gasteiger partial charge in [0.05, 0.1) is 16.6 Å². The second kappa shape index (κ2) is 5.27. The van der Waals surface area contributed by atoms with Crippen molar-refractivity contribution >= 4 is 17.0 Å². The van der Waals surface area contributed by atoms with E-state index in [-0.39, 0.29) is 5.41 Å². The van der Waals surface area contributed by atoms with Crippen molar-refractivity contribution in [2.45, 2.75) is 47.1 Å². The third-order valence-corrected chi connectivity index (χ3v) is 3.48. The Kier molecular flexibility index (Phi) is 3.84. The van der Waals surface area contributed by atoms with E-state index < -0.39 is 5.97 Å². The molecule has 0 fully saturated rings. The van der Waals surface area contributed by atoms with Crippen molar-refractivity contribution in [3.63, 3.8) is 0 Å². The number of carboxylic acids is 1. The van der Waals surface area contributed by atoms with E-state index in [0.29, 0.717) is 5.56 Å². The Hall–Kier alpha value is -1.84. The van der Waals surface area contributed by atoms with Crippen LogP contribution in [0.5, 0.6) is 0 Å². The highest BCUT2D eigenvalue weighted by Gasteiger charge is 2.18. The molecule has 0 saturated heterocycles. The highest BCUT2D eigenvalue weighted by molar-refractivity contribution is 6.01. The average Bonchev–Trinajstić information content (AvgIpc) is 2.72. The zero-order chi connectivity index (χ0) is 14.9. The zero-order valence-corrected chi connectivity index (χ0v) is 12.6. The van der Waals surface area contributed by atoms with Gasteiger partial charge in [-0.05, 0) is 24.0 Å². The van der Waals surface area contributed by atoms with Crippen LogP contribution in [-0.4, -0.2) is 20.6 Å². The molecule has 2 rings (SSSR count). The predicted octanol–water partition coefficient (Wildman–Crippen LogP) is 3.73. The minimum atomic E-state index is -0.893. The van der Waals surface area contributed by atoms with Crippen LogP contribution in [0.25, 0.3) is 11.0 Å².